The van der Waals surface area contributed by atoms with Crippen LogP contribution < -0.4 is 10.1 Å². The van der Waals surface area contributed by atoms with E-state index in [1.54, 1.807) is 36.5 Å². The van der Waals surface area contributed by atoms with Gasteiger partial charge < -0.3 is 19.7 Å². The zero-order chi connectivity index (χ0) is 21.5. The van der Waals surface area contributed by atoms with E-state index in [0.29, 0.717) is 29.1 Å². The first-order chi connectivity index (χ1) is 14.5. The maximum absolute atomic E-state index is 13.7. The van der Waals surface area contributed by atoms with Gasteiger partial charge in [0.25, 0.3) is 0 Å². The molecular weight excluding hydrogens is 385 g/mol. The number of carbonyl (C=O) groups is 1. The maximum atomic E-state index is 13.7. The molecule has 1 aromatic heterocycles. The second-order valence-corrected chi connectivity index (χ2v) is 7.06. The molecule has 0 aliphatic heterocycles. The molecule has 30 heavy (non-hydrogen) atoms. The van der Waals surface area contributed by atoms with Crippen molar-refractivity contribution < 1.29 is 19.0 Å². The summed E-state index contributed by atoms with van der Waals surface area (Å²) < 4.78 is 21.2. The van der Waals surface area contributed by atoms with Crippen LogP contribution in [0.2, 0.25) is 0 Å². The molecule has 2 atom stereocenters. The number of aryl methyl sites for hydroxylation is 1. The number of aliphatic hydroxyl groups is 1. The lowest BCUT2D eigenvalue weighted by Crippen LogP contribution is -2.35. The van der Waals surface area contributed by atoms with Crippen LogP contribution in [-0.4, -0.2) is 39.7 Å². The summed E-state index contributed by atoms with van der Waals surface area (Å²) in [5, 5.41) is 13.6. The Morgan fingerprint density at radius 2 is 2.03 bits per heavy atom. The first kappa shape index (κ1) is 21.7. The zero-order valence-electron chi connectivity index (χ0n) is 17.1. The molecule has 1 heterocycles. The first-order valence-electron chi connectivity index (χ1n) is 9.88. The van der Waals surface area contributed by atoms with Gasteiger partial charge in [-0.15, -0.1) is 0 Å². The summed E-state index contributed by atoms with van der Waals surface area (Å²) >= 11 is 0. The summed E-state index contributed by atoms with van der Waals surface area (Å²) in [6, 6.07) is 12.8. The molecule has 0 aliphatic rings. The highest BCUT2D eigenvalue weighted by Gasteiger charge is 2.20. The van der Waals surface area contributed by atoms with Gasteiger partial charge in [0, 0.05) is 38.0 Å². The Balaban J connectivity index is 1.60. The number of halogens is 1. The molecule has 2 aromatic carbocycles. The van der Waals surface area contributed by atoms with Crippen LogP contribution in [0, 0.1) is 5.82 Å². The van der Waals surface area contributed by atoms with Crippen LogP contribution in [-0.2, 0) is 7.05 Å². The van der Waals surface area contributed by atoms with E-state index in [9.17, 15) is 14.3 Å². The third kappa shape index (κ3) is 5.52. The average molecular weight is 411 g/mol. The van der Waals surface area contributed by atoms with E-state index in [-0.39, 0.29) is 30.8 Å². The SMILES string of the molecule is CCC(=O)c1ccc(OCC(O)CNC(c2cccc(F)c2)c2nccn2C)cc1. The largest absolute Gasteiger partial charge is 0.491 e. The molecule has 0 aliphatic carbocycles. The molecule has 0 radical (unpaired) electrons. The predicted octanol–water partition coefficient (Wildman–Crippen LogP) is 3.27. The minimum Gasteiger partial charge on any atom is -0.491 e. The lowest BCUT2D eigenvalue weighted by atomic mass is 10.1. The number of hydrogen-bond donors (Lipinski definition) is 2. The van der Waals surface area contributed by atoms with Crippen molar-refractivity contribution in [1.29, 1.82) is 0 Å². The number of Topliss-reactive ketones (excluding diaryl/α,β-unsaturated/α-hetero) is 1. The number of hydrogen-bond acceptors (Lipinski definition) is 5. The molecule has 3 rings (SSSR count). The van der Waals surface area contributed by atoms with Gasteiger partial charge in [0.2, 0.25) is 0 Å². The fourth-order valence-corrected chi connectivity index (χ4v) is 3.15. The highest BCUT2D eigenvalue weighted by molar-refractivity contribution is 5.95. The van der Waals surface area contributed by atoms with Crippen molar-refractivity contribution in [3.05, 3.63) is 83.7 Å². The van der Waals surface area contributed by atoms with E-state index in [1.807, 2.05) is 30.8 Å². The van der Waals surface area contributed by atoms with Gasteiger partial charge in [-0.25, -0.2) is 9.37 Å². The van der Waals surface area contributed by atoms with Crippen LogP contribution in [0.1, 0.15) is 41.1 Å². The Bertz CT molecular complexity index is 972. The van der Waals surface area contributed by atoms with Crippen LogP contribution in [0.15, 0.2) is 60.9 Å². The van der Waals surface area contributed by atoms with Crippen molar-refractivity contribution >= 4 is 5.78 Å². The fraction of sp³-hybridized carbons (Fsp3) is 0.304. The monoisotopic (exact) mass is 411 g/mol. The van der Waals surface area contributed by atoms with Crippen LogP contribution in [0.5, 0.6) is 5.75 Å². The third-order valence-electron chi connectivity index (χ3n) is 4.80. The number of ketones is 1. The van der Waals surface area contributed by atoms with Gasteiger partial charge in [-0.05, 0) is 42.0 Å². The van der Waals surface area contributed by atoms with Crippen molar-refractivity contribution in [2.24, 2.45) is 7.05 Å². The predicted molar refractivity (Wildman–Crippen MR) is 112 cm³/mol. The highest BCUT2D eigenvalue weighted by Crippen LogP contribution is 2.21. The maximum Gasteiger partial charge on any atom is 0.162 e. The van der Waals surface area contributed by atoms with Crippen molar-refractivity contribution in [2.45, 2.75) is 25.5 Å². The van der Waals surface area contributed by atoms with Gasteiger partial charge in [0.05, 0.1) is 6.04 Å². The quantitative estimate of drug-likeness (QED) is 0.501. The van der Waals surface area contributed by atoms with Crippen LogP contribution in [0.4, 0.5) is 4.39 Å². The lowest BCUT2D eigenvalue weighted by Gasteiger charge is -2.21. The van der Waals surface area contributed by atoms with Crippen LogP contribution >= 0.6 is 0 Å². The number of imidazole rings is 1. The summed E-state index contributed by atoms with van der Waals surface area (Å²) in [6.07, 6.45) is 3.15. The van der Waals surface area contributed by atoms with E-state index < -0.39 is 6.10 Å². The molecule has 2 unspecified atom stereocenters. The minimum atomic E-state index is -0.793. The molecule has 0 bridgehead atoms. The average Bonchev–Trinajstić information content (AvgIpc) is 3.18. The standard InChI is InChI=1S/C23H26FN3O3/c1-3-21(29)16-7-9-20(10-8-16)30-15-19(28)14-26-22(23-25-11-12-27(23)2)17-5-4-6-18(24)13-17/h4-13,19,22,26,28H,3,14-15H2,1-2H3. The summed E-state index contributed by atoms with van der Waals surface area (Å²) in [7, 11) is 1.86. The number of benzene rings is 2. The molecule has 0 spiro atoms. The number of rotatable bonds is 10. The van der Waals surface area contributed by atoms with Gasteiger partial charge in [0.15, 0.2) is 5.78 Å². The zero-order valence-corrected chi connectivity index (χ0v) is 17.1. The summed E-state index contributed by atoms with van der Waals surface area (Å²) in [5.74, 6) is 1.03. The number of aromatic nitrogens is 2. The van der Waals surface area contributed by atoms with Gasteiger partial charge in [-0.1, -0.05) is 19.1 Å². The Kier molecular flexibility index (Phi) is 7.32. The van der Waals surface area contributed by atoms with E-state index in [1.165, 1.54) is 12.1 Å². The summed E-state index contributed by atoms with van der Waals surface area (Å²) in [6.45, 7) is 2.11. The van der Waals surface area contributed by atoms with Crippen molar-refractivity contribution in [1.82, 2.24) is 14.9 Å². The number of nitrogens with one attached hydrogen (secondary N) is 1. The Morgan fingerprint density at radius 3 is 2.67 bits per heavy atom. The number of ether oxygens (including phenoxy) is 1. The van der Waals surface area contributed by atoms with Crippen molar-refractivity contribution in [2.75, 3.05) is 13.2 Å². The van der Waals surface area contributed by atoms with Gasteiger partial charge in [-0.3, -0.25) is 4.79 Å². The van der Waals surface area contributed by atoms with Crippen molar-refractivity contribution in [3.63, 3.8) is 0 Å². The third-order valence-corrected chi connectivity index (χ3v) is 4.80. The molecule has 0 fully saturated rings. The van der Waals surface area contributed by atoms with Gasteiger partial charge >= 0.3 is 0 Å². The van der Waals surface area contributed by atoms with E-state index >= 15 is 0 Å². The normalized spacial score (nSPS) is 13.1. The van der Waals surface area contributed by atoms with Gasteiger partial charge in [-0.2, -0.15) is 0 Å². The molecule has 0 amide bonds. The molecule has 0 saturated heterocycles. The number of carbonyl (C=O) groups excluding carboxylic acids is 1. The molecule has 3 aromatic rings. The molecule has 6 nitrogen and oxygen atoms in total. The first-order valence-corrected chi connectivity index (χ1v) is 9.88. The smallest absolute Gasteiger partial charge is 0.162 e. The lowest BCUT2D eigenvalue weighted by molar-refractivity contribution is 0.0986. The van der Waals surface area contributed by atoms with E-state index in [4.69, 9.17) is 4.74 Å². The highest BCUT2D eigenvalue weighted by atomic mass is 19.1. The fourth-order valence-electron chi connectivity index (χ4n) is 3.15. The van der Waals surface area contributed by atoms with Crippen LogP contribution in [0.25, 0.3) is 0 Å². The minimum absolute atomic E-state index is 0.0726. The summed E-state index contributed by atoms with van der Waals surface area (Å²) in [4.78, 5) is 16.0. The second kappa shape index (κ2) is 10.1. The molecule has 158 valence electrons. The van der Waals surface area contributed by atoms with Crippen LogP contribution in [0.3, 0.4) is 0 Å². The Hall–Kier alpha value is -3.03. The second-order valence-electron chi connectivity index (χ2n) is 7.06. The molecular formula is C23H26FN3O3. The van der Waals surface area contributed by atoms with Crippen molar-refractivity contribution in [3.8, 4) is 5.75 Å². The topological polar surface area (TPSA) is 76.4 Å². The van der Waals surface area contributed by atoms with Gasteiger partial charge in [0.1, 0.15) is 30.1 Å². The Labute approximate surface area is 175 Å². The molecule has 0 saturated carbocycles. The van der Waals surface area contributed by atoms with E-state index in [2.05, 4.69) is 10.3 Å². The molecule has 2 N–H and O–H groups in total. The Morgan fingerprint density at radius 1 is 1.27 bits per heavy atom. The number of nitrogens with zero attached hydrogens (tertiary/aromatic N) is 2. The van der Waals surface area contributed by atoms with E-state index in [0.717, 1.165) is 0 Å². The molecule has 7 heteroatoms. The summed E-state index contributed by atoms with van der Waals surface area (Å²) in [5.41, 5.74) is 1.36. The number of aliphatic hydroxyl groups excluding tert-OH is 1.